The molecular weight excluding hydrogens is 156 g/mol. The first kappa shape index (κ1) is 6.64. The van der Waals surface area contributed by atoms with E-state index in [2.05, 4.69) is 15.9 Å². The van der Waals surface area contributed by atoms with Gasteiger partial charge in [0.05, 0.1) is 6.07 Å². The summed E-state index contributed by atoms with van der Waals surface area (Å²) in [4.78, 5) is -0.396. The molecule has 0 heterocycles. The SMILES string of the molecule is CC(=N)C(Br)C#N. The van der Waals surface area contributed by atoms with Gasteiger partial charge in [0.15, 0.2) is 0 Å². The first-order chi connectivity index (χ1) is 3.18. The minimum atomic E-state index is -0.396. The zero-order valence-electron chi connectivity index (χ0n) is 3.90. The predicted octanol–water partition coefficient (Wildman–Crippen LogP) is 1.31. The van der Waals surface area contributed by atoms with E-state index >= 15 is 0 Å². The molecule has 7 heavy (non-hydrogen) atoms. The third-order valence-corrected chi connectivity index (χ3v) is 1.39. The minimum Gasteiger partial charge on any atom is -0.308 e. The second-order valence-electron chi connectivity index (χ2n) is 1.17. The van der Waals surface area contributed by atoms with Gasteiger partial charge in [-0.15, -0.1) is 0 Å². The Morgan fingerprint density at radius 1 is 2.00 bits per heavy atom. The standard InChI is InChI=1S/C4H5BrN2/c1-3(7)4(5)2-6/h4,7H,1H3. The fourth-order valence-corrected chi connectivity index (χ4v) is 0.0968. The molecule has 0 amide bonds. The number of rotatable bonds is 1. The summed E-state index contributed by atoms with van der Waals surface area (Å²) >= 11 is 2.96. The molecule has 0 bridgehead atoms. The molecule has 0 aromatic carbocycles. The van der Waals surface area contributed by atoms with Crippen LogP contribution in [0.3, 0.4) is 0 Å². The van der Waals surface area contributed by atoms with Gasteiger partial charge in [-0.2, -0.15) is 5.26 Å². The first-order valence-electron chi connectivity index (χ1n) is 1.77. The highest BCUT2D eigenvalue weighted by atomic mass is 79.9. The lowest BCUT2D eigenvalue weighted by molar-refractivity contribution is 1.35. The van der Waals surface area contributed by atoms with Crippen molar-refractivity contribution in [3.8, 4) is 6.07 Å². The molecule has 0 aliphatic heterocycles. The normalized spacial score (nSPS) is 12.1. The summed E-state index contributed by atoms with van der Waals surface area (Å²) < 4.78 is 0. The Hall–Kier alpha value is -0.360. The molecule has 38 valence electrons. The van der Waals surface area contributed by atoms with Crippen molar-refractivity contribution in [2.24, 2.45) is 0 Å². The first-order valence-corrected chi connectivity index (χ1v) is 2.68. The summed E-state index contributed by atoms with van der Waals surface area (Å²) in [5, 5.41) is 14.9. The Morgan fingerprint density at radius 3 is 2.43 bits per heavy atom. The van der Waals surface area contributed by atoms with Crippen molar-refractivity contribution >= 4 is 21.6 Å². The maximum absolute atomic E-state index is 8.07. The van der Waals surface area contributed by atoms with Crippen LogP contribution in [0.25, 0.3) is 0 Å². The molecule has 0 spiro atoms. The number of hydrogen-bond donors (Lipinski definition) is 1. The van der Waals surface area contributed by atoms with Gasteiger partial charge in [0.2, 0.25) is 0 Å². The number of hydrogen-bond acceptors (Lipinski definition) is 2. The molecular formula is C4H5BrN2. The Balaban J connectivity index is 3.63. The molecule has 0 radical (unpaired) electrons. The number of nitrogens with one attached hydrogen (secondary N) is 1. The van der Waals surface area contributed by atoms with Crippen LogP contribution in [0.5, 0.6) is 0 Å². The van der Waals surface area contributed by atoms with Crippen molar-refractivity contribution in [1.82, 2.24) is 0 Å². The number of halogens is 1. The molecule has 1 N–H and O–H groups in total. The van der Waals surface area contributed by atoms with Crippen molar-refractivity contribution in [1.29, 1.82) is 10.7 Å². The molecule has 2 nitrogen and oxygen atoms in total. The second kappa shape index (κ2) is 2.75. The number of alkyl halides is 1. The van der Waals surface area contributed by atoms with Crippen LogP contribution < -0.4 is 0 Å². The van der Waals surface area contributed by atoms with Gasteiger partial charge < -0.3 is 5.41 Å². The smallest absolute Gasteiger partial charge is 0.138 e. The lowest BCUT2D eigenvalue weighted by Gasteiger charge is -1.89. The zero-order valence-corrected chi connectivity index (χ0v) is 5.49. The summed E-state index contributed by atoms with van der Waals surface area (Å²) in [6.07, 6.45) is 0. The van der Waals surface area contributed by atoms with E-state index in [0.29, 0.717) is 5.71 Å². The largest absolute Gasteiger partial charge is 0.308 e. The summed E-state index contributed by atoms with van der Waals surface area (Å²) in [5.41, 5.74) is 0.350. The van der Waals surface area contributed by atoms with Crippen LogP contribution in [0.4, 0.5) is 0 Å². The average molecular weight is 161 g/mol. The van der Waals surface area contributed by atoms with Gasteiger partial charge in [-0.3, -0.25) is 0 Å². The van der Waals surface area contributed by atoms with Crippen molar-refractivity contribution in [3.05, 3.63) is 0 Å². The molecule has 0 aromatic rings. The van der Waals surface area contributed by atoms with Gasteiger partial charge in [0.1, 0.15) is 4.83 Å². The van der Waals surface area contributed by atoms with E-state index in [1.54, 1.807) is 6.92 Å². The third-order valence-electron chi connectivity index (χ3n) is 0.494. The van der Waals surface area contributed by atoms with Crippen molar-refractivity contribution in [2.45, 2.75) is 11.8 Å². The van der Waals surface area contributed by atoms with E-state index in [4.69, 9.17) is 10.7 Å². The van der Waals surface area contributed by atoms with E-state index in [9.17, 15) is 0 Å². The molecule has 0 fully saturated rings. The average Bonchev–Trinajstić information content (AvgIpc) is 1.65. The summed E-state index contributed by atoms with van der Waals surface area (Å²) in [5.74, 6) is 0. The predicted molar refractivity (Wildman–Crippen MR) is 31.7 cm³/mol. The van der Waals surface area contributed by atoms with Crippen LogP contribution in [-0.4, -0.2) is 10.5 Å². The minimum absolute atomic E-state index is 0.350. The molecule has 0 aliphatic rings. The van der Waals surface area contributed by atoms with Gasteiger partial charge in [0.25, 0.3) is 0 Å². The molecule has 0 saturated carbocycles. The Morgan fingerprint density at radius 2 is 2.43 bits per heavy atom. The highest BCUT2D eigenvalue weighted by molar-refractivity contribution is 9.10. The van der Waals surface area contributed by atoms with Crippen LogP contribution in [0.1, 0.15) is 6.92 Å². The van der Waals surface area contributed by atoms with Crippen LogP contribution in [0, 0.1) is 16.7 Å². The van der Waals surface area contributed by atoms with E-state index in [1.165, 1.54) is 0 Å². The van der Waals surface area contributed by atoms with Crippen LogP contribution in [0.15, 0.2) is 0 Å². The van der Waals surface area contributed by atoms with E-state index < -0.39 is 4.83 Å². The van der Waals surface area contributed by atoms with Crippen LogP contribution in [-0.2, 0) is 0 Å². The molecule has 0 rings (SSSR count). The molecule has 0 aromatic heterocycles. The maximum Gasteiger partial charge on any atom is 0.138 e. The summed E-state index contributed by atoms with van der Waals surface area (Å²) in [7, 11) is 0. The van der Waals surface area contributed by atoms with Crippen LogP contribution in [0.2, 0.25) is 0 Å². The monoisotopic (exact) mass is 160 g/mol. The quantitative estimate of drug-likeness (QED) is 0.457. The lowest BCUT2D eigenvalue weighted by Crippen LogP contribution is -2.03. The van der Waals surface area contributed by atoms with Gasteiger partial charge in [-0.05, 0) is 6.92 Å². The van der Waals surface area contributed by atoms with Crippen molar-refractivity contribution < 1.29 is 0 Å². The maximum atomic E-state index is 8.07. The van der Waals surface area contributed by atoms with Crippen molar-refractivity contribution in [3.63, 3.8) is 0 Å². The molecule has 0 aliphatic carbocycles. The topological polar surface area (TPSA) is 47.6 Å². The third kappa shape index (κ3) is 2.35. The number of nitriles is 1. The zero-order chi connectivity index (χ0) is 5.86. The van der Waals surface area contributed by atoms with E-state index in [1.807, 2.05) is 6.07 Å². The van der Waals surface area contributed by atoms with Crippen LogP contribution >= 0.6 is 15.9 Å². The highest BCUT2D eigenvalue weighted by Gasteiger charge is 2.00. The summed E-state index contributed by atoms with van der Waals surface area (Å²) in [6, 6.07) is 1.86. The fourth-order valence-electron chi connectivity index (χ4n) is 0.0968. The Kier molecular flexibility index (Phi) is 2.61. The molecule has 3 heteroatoms. The lowest BCUT2D eigenvalue weighted by atomic mass is 10.3. The Labute approximate surface area is 50.8 Å². The van der Waals surface area contributed by atoms with Gasteiger partial charge in [0, 0.05) is 5.71 Å². The highest BCUT2D eigenvalue weighted by Crippen LogP contribution is 1.96. The van der Waals surface area contributed by atoms with E-state index in [0.717, 1.165) is 0 Å². The second-order valence-corrected chi connectivity index (χ2v) is 2.09. The molecule has 0 saturated heterocycles. The van der Waals surface area contributed by atoms with Gasteiger partial charge in [-0.25, -0.2) is 0 Å². The summed E-state index contributed by atoms with van der Waals surface area (Å²) in [6.45, 7) is 1.59. The molecule has 1 unspecified atom stereocenters. The van der Waals surface area contributed by atoms with Crippen molar-refractivity contribution in [2.75, 3.05) is 0 Å². The molecule has 1 atom stereocenters. The fraction of sp³-hybridized carbons (Fsp3) is 0.500. The van der Waals surface area contributed by atoms with E-state index in [-0.39, 0.29) is 0 Å². The van der Waals surface area contributed by atoms with Gasteiger partial charge >= 0.3 is 0 Å². The number of nitrogens with zero attached hydrogens (tertiary/aromatic N) is 1. The Bertz CT molecular complexity index is 113. The van der Waals surface area contributed by atoms with Gasteiger partial charge in [-0.1, -0.05) is 15.9 Å².